The summed E-state index contributed by atoms with van der Waals surface area (Å²) < 4.78 is 0. The average molecular weight is 644 g/mol. The predicted molar refractivity (Wildman–Crippen MR) is 169 cm³/mol. The number of anilines is 1. The van der Waals surface area contributed by atoms with Crippen LogP contribution in [0.3, 0.4) is 0 Å². The number of likely N-dealkylation sites (tertiary alicyclic amines) is 1. The van der Waals surface area contributed by atoms with Crippen LogP contribution >= 0.6 is 0 Å². The summed E-state index contributed by atoms with van der Waals surface area (Å²) in [6.45, 7) is 9.46. The highest BCUT2D eigenvalue weighted by atomic mass is 16.3. The van der Waals surface area contributed by atoms with Gasteiger partial charge in [-0.1, -0.05) is 47.0 Å². The molecule has 0 spiro atoms. The highest BCUT2D eigenvalue weighted by Gasteiger charge is 2.45. The van der Waals surface area contributed by atoms with Crippen LogP contribution in [-0.2, 0) is 19.2 Å². The second-order valence-electron chi connectivity index (χ2n) is 13.9. The Balaban J connectivity index is 1.34. The number of nitrogens with one attached hydrogen (secondary N) is 3. The first kappa shape index (κ1) is 34.9. The van der Waals surface area contributed by atoms with Crippen molar-refractivity contribution in [3.8, 4) is 0 Å². The molecule has 1 saturated carbocycles. The number of hydrogen-bond acceptors (Lipinski definition) is 9. The van der Waals surface area contributed by atoms with Crippen molar-refractivity contribution in [2.24, 2.45) is 23.0 Å². The number of rotatable bonds is 11. The first-order valence-corrected chi connectivity index (χ1v) is 16.2. The van der Waals surface area contributed by atoms with Gasteiger partial charge in [-0.25, -0.2) is 14.8 Å². The van der Waals surface area contributed by atoms with Crippen molar-refractivity contribution in [2.75, 3.05) is 44.2 Å². The fourth-order valence-electron chi connectivity index (χ4n) is 6.24. The Morgan fingerprint density at radius 3 is 2.26 bits per heavy atom. The lowest BCUT2D eigenvalue weighted by atomic mass is 9.79. The number of urea groups is 1. The third kappa shape index (κ3) is 8.83. The lowest BCUT2D eigenvalue weighted by Gasteiger charge is -2.36. The minimum Gasteiger partial charge on any atom is -0.381 e. The Morgan fingerprint density at radius 1 is 1.04 bits per heavy atom. The summed E-state index contributed by atoms with van der Waals surface area (Å²) in [5, 5.41) is 18.6. The van der Waals surface area contributed by atoms with E-state index in [0.717, 1.165) is 19.3 Å². The van der Waals surface area contributed by atoms with Crippen LogP contribution in [0.15, 0.2) is 18.5 Å². The summed E-state index contributed by atoms with van der Waals surface area (Å²) in [7, 11) is 0. The number of carbonyl (C=O) groups is 5. The van der Waals surface area contributed by atoms with Crippen LogP contribution in [0.25, 0.3) is 0 Å². The maximum Gasteiger partial charge on any atom is 0.315 e. The van der Waals surface area contributed by atoms with Crippen molar-refractivity contribution < 1.29 is 29.1 Å². The molecule has 5 atom stereocenters. The van der Waals surface area contributed by atoms with Crippen LogP contribution in [-0.4, -0.2) is 118 Å². The lowest BCUT2D eigenvalue weighted by Crippen LogP contribution is -2.60. The van der Waals surface area contributed by atoms with Gasteiger partial charge in [0, 0.05) is 45.1 Å². The van der Waals surface area contributed by atoms with Crippen LogP contribution in [0.1, 0.15) is 59.8 Å². The zero-order valence-corrected chi connectivity index (χ0v) is 27.3. The highest BCUT2D eigenvalue weighted by molar-refractivity contribution is 5.94. The van der Waals surface area contributed by atoms with Crippen molar-refractivity contribution in [1.82, 2.24) is 35.7 Å². The first-order valence-electron chi connectivity index (χ1n) is 16.2. The molecule has 1 aliphatic carbocycles. The van der Waals surface area contributed by atoms with E-state index < -0.39 is 53.4 Å². The van der Waals surface area contributed by atoms with Gasteiger partial charge in [0.2, 0.25) is 29.6 Å². The zero-order valence-electron chi connectivity index (χ0n) is 27.3. The summed E-state index contributed by atoms with van der Waals surface area (Å²) in [5.41, 5.74) is 4.64. The molecule has 6 N–H and O–H groups in total. The maximum atomic E-state index is 14.0. The standard InChI is InChI=1S/C31H49N9O6/c1-19-15-22(27(44)36-21(24(42)26(32)43)16-20-7-5-8-20)40(18-19)28(45)25(31(2,3)4)37-30(46)35-17-23(41)38-11-13-39(14-12-38)29-33-9-6-10-34-29/h6,9-10,19-22,24-25,42H,5,7-8,11-18H2,1-4H3,(H2,32,43)(H,36,44)(H2,35,37,46)/t19-,21?,22+,24?,25-/m1/s1. The van der Waals surface area contributed by atoms with Gasteiger partial charge in [-0.15, -0.1) is 0 Å². The number of nitrogens with two attached hydrogens (primary N) is 1. The molecule has 15 nitrogen and oxygen atoms in total. The third-order valence-corrected chi connectivity index (χ3v) is 9.16. The molecule has 3 fully saturated rings. The first-order chi connectivity index (χ1) is 21.7. The average Bonchev–Trinajstić information content (AvgIpc) is 3.40. The zero-order chi connectivity index (χ0) is 33.6. The molecular weight excluding hydrogens is 594 g/mol. The normalized spacial score (nSPS) is 22.3. The predicted octanol–water partition coefficient (Wildman–Crippen LogP) is -0.403. The molecule has 2 saturated heterocycles. The second kappa shape index (κ2) is 15.1. The fraction of sp³-hybridized carbons (Fsp3) is 0.710. The SMILES string of the molecule is C[C@@H]1C[C@@H](C(=O)NC(CC2CCC2)C(O)C(N)=O)N(C(=O)[C@@H](NC(=O)NCC(=O)N2CCN(c3ncccn3)CC2)C(C)(C)C)C1. The summed E-state index contributed by atoms with van der Waals surface area (Å²) in [5.74, 6) is -1.16. The number of carbonyl (C=O) groups excluding carboxylic acids is 5. The summed E-state index contributed by atoms with van der Waals surface area (Å²) in [4.78, 5) is 78.8. The van der Waals surface area contributed by atoms with Crippen LogP contribution in [0.4, 0.5) is 10.7 Å². The Hall–Kier alpha value is -4.01. The molecule has 3 aliphatic rings. The summed E-state index contributed by atoms with van der Waals surface area (Å²) in [6, 6.07) is -1.62. The van der Waals surface area contributed by atoms with E-state index in [9.17, 15) is 29.1 Å². The van der Waals surface area contributed by atoms with E-state index >= 15 is 0 Å². The molecule has 1 aromatic rings. The molecular formula is C31H49N9O6. The molecule has 0 radical (unpaired) electrons. The van der Waals surface area contributed by atoms with E-state index in [1.807, 2.05) is 32.6 Å². The number of hydrogen-bond donors (Lipinski definition) is 5. The Labute approximate surface area is 270 Å². The Kier molecular flexibility index (Phi) is 11.4. The van der Waals surface area contributed by atoms with Crippen molar-refractivity contribution >= 4 is 35.6 Å². The van der Waals surface area contributed by atoms with Crippen molar-refractivity contribution in [1.29, 1.82) is 0 Å². The second-order valence-corrected chi connectivity index (χ2v) is 13.9. The number of aliphatic hydroxyl groups is 1. The van der Waals surface area contributed by atoms with Gasteiger partial charge in [-0.2, -0.15) is 0 Å². The van der Waals surface area contributed by atoms with Gasteiger partial charge in [0.05, 0.1) is 12.6 Å². The van der Waals surface area contributed by atoms with Crippen molar-refractivity contribution in [3.05, 3.63) is 18.5 Å². The molecule has 0 bridgehead atoms. The maximum absolute atomic E-state index is 14.0. The Bertz CT molecular complexity index is 1250. The molecule has 4 rings (SSSR count). The largest absolute Gasteiger partial charge is 0.381 e. The topological polar surface area (TPSA) is 203 Å². The molecule has 3 heterocycles. The molecule has 2 aliphatic heterocycles. The quantitative estimate of drug-likeness (QED) is 0.213. The van der Waals surface area contributed by atoms with Crippen LogP contribution < -0.4 is 26.6 Å². The van der Waals surface area contributed by atoms with Gasteiger partial charge in [0.1, 0.15) is 12.1 Å². The van der Waals surface area contributed by atoms with E-state index in [2.05, 4.69) is 25.9 Å². The number of primary amides is 1. The van der Waals surface area contributed by atoms with E-state index in [-0.39, 0.29) is 24.3 Å². The van der Waals surface area contributed by atoms with Gasteiger partial charge in [-0.05, 0) is 36.2 Å². The Morgan fingerprint density at radius 2 is 1.70 bits per heavy atom. The minimum absolute atomic E-state index is 0.00633. The monoisotopic (exact) mass is 643 g/mol. The molecule has 46 heavy (non-hydrogen) atoms. The van der Waals surface area contributed by atoms with Gasteiger partial charge in [0.25, 0.3) is 0 Å². The molecule has 1 aromatic heterocycles. The number of nitrogens with zero attached hydrogens (tertiary/aromatic N) is 5. The van der Waals surface area contributed by atoms with Crippen molar-refractivity contribution in [3.63, 3.8) is 0 Å². The number of amides is 6. The van der Waals surface area contributed by atoms with Gasteiger partial charge < -0.3 is 41.5 Å². The van der Waals surface area contributed by atoms with Gasteiger partial charge >= 0.3 is 6.03 Å². The molecule has 0 aromatic carbocycles. The number of piperazine rings is 1. The van der Waals surface area contributed by atoms with E-state index in [1.165, 1.54) is 4.90 Å². The fourth-order valence-corrected chi connectivity index (χ4v) is 6.24. The number of aromatic nitrogens is 2. The van der Waals surface area contributed by atoms with Crippen LogP contribution in [0.5, 0.6) is 0 Å². The summed E-state index contributed by atoms with van der Waals surface area (Å²) in [6.07, 6.45) is 5.58. The molecule has 15 heteroatoms. The van der Waals surface area contributed by atoms with E-state index in [1.54, 1.807) is 23.4 Å². The lowest BCUT2D eigenvalue weighted by molar-refractivity contribution is -0.143. The van der Waals surface area contributed by atoms with Gasteiger partial charge in [0.15, 0.2) is 6.10 Å². The minimum atomic E-state index is -1.54. The van der Waals surface area contributed by atoms with Crippen molar-refractivity contribution in [2.45, 2.75) is 84.0 Å². The highest BCUT2D eigenvalue weighted by Crippen LogP contribution is 2.32. The van der Waals surface area contributed by atoms with Crippen LogP contribution in [0, 0.1) is 17.3 Å². The molecule has 254 valence electrons. The van der Waals surface area contributed by atoms with Gasteiger partial charge in [-0.3, -0.25) is 19.2 Å². The number of aliphatic hydroxyl groups excluding tert-OH is 1. The molecule has 2 unspecified atom stereocenters. The van der Waals surface area contributed by atoms with E-state index in [4.69, 9.17) is 5.73 Å². The smallest absolute Gasteiger partial charge is 0.315 e. The molecule has 6 amide bonds. The van der Waals surface area contributed by atoms with E-state index in [0.29, 0.717) is 51.5 Å². The third-order valence-electron chi connectivity index (χ3n) is 9.16. The van der Waals surface area contributed by atoms with Crippen LogP contribution in [0.2, 0.25) is 0 Å². The summed E-state index contributed by atoms with van der Waals surface area (Å²) >= 11 is 0.